The number of aromatic carboxylic acids is 1. The van der Waals surface area contributed by atoms with Gasteiger partial charge in [-0.15, -0.1) is 0 Å². The van der Waals surface area contributed by atoms with Crippen molar-refractivity contribution >= 4 is 28.9 Å². The highest BCUT2D eigenvalue weighted by atomic mass is 32.2. The lowest BCUT2D eigenvalue weighted by atomic mass is 10.1. The van der Waals surface area contributed by atoms with Gasteiger partial charge in [0.25, 0.3) is 5.24 Å². The Morgan fingerprint density at radius 2 is 2.18 bits per heavy atom. The van der Waals surface area contributed by atoms with Crippen molar-refractivity contribution in [3.63, 3.8) is 0 Å². The molecule has 0 aromatic heterocycles. The van der Waals surface area contributed by atoms with Crippen molar-refractivity contribution in [2.75, 3.05) is 0 Å². The molecule has 1 atom stereocenters. The maximum absolute atomic E-state index is 11.3. The number of carbonyl (C=O) groups is 3. The van der Waals surface area contributed by atoms with Crippen molar-refractivity contribution in [2.24, 2.45) is 0 Å². The maximum atomic E-state index is 11.3. The SMILES string of the molecule is O=C1NC(=O)C(Cc2cccc(C(=O)O)c2)S1. The van der Waals surface area contributed by atoms with Gasteiger partial charge in [-0.3, -0.25) is 14.9 Å². The Morgan fingerprint density at radius 3 is 2.76 bits per heavy atom. The van der Waals surface area contributed by atoms with E-state index in [9.17, 15) is 14.4 Å². The van der Waals surface area contributed by atoms with Crippen molar-refractivity contribution in [3.05, 3.63) is 35.4 Å². The lowest BCUT2D eigenvalue weighted by Gasteiger charge is -2.05. The molecule has 1 fully saturated rings. The fourth-order valence-corrected chi connectivity index (χ4v) is 2.43. The van der Waals surface area contributed by atoms with E-state index in [-0.39, 0.29) is 16.7 Å². The van der Waals surface area contributed by atoms with Crippen molar-refractivity contribution in [3.8, 4) is 0 Å². The third kappa shape index (κ3) is 2.65. The van der Waals surface area contributed by atoms with Gasteiger partial charge in [-0.2, -0.15) is 0 Å². The average molecular weight is 251 g/mol. The Labute approximate surface area is 101 Å². The molecular formula is C11H9NO4S. The number of hydrogen-bond acceptors (Lipinski definition) is 4. The number of benzene rings is 1. The zero-order chi connectivity index (χ0) is 12.4. The highest BCUT2D eigenvalue weighted by Gasteiger charge is 2.31. The van der Waals surface area contributed by atoms with Crippen LogP contribution >= 0.6 is 11.8 Å². The van der Waals surface area contributed by atoms with E-state index in [2.05, 4.69) is 5.32 Å². The van der Waals surface area contributed by atoms with Crippen molar-refractivity contribution < 1.29 is 19.5 Å². The summed E-state index contributed by atoms with van der Waals surface area (Å²) in [5.41, 5.74) is 0.907. The van der Waals surface area contributed by atoms with E-state index in [4.69, 9.17) is 5.11 Å². The third-order valence-electron chi connectivity index (χ3n) is 2.36. The van der Waals surface area contributed by atoms with Crippen molar-refractivity contribution in [1.82, 2.24) is 5.32 Å². The zero-order valence-corrected chi connectivity index (χ0v) is 9.49. The van der Waals surface area contributed by atoms with Crippen LogP contribution in [0.4, 0.5) is 4.79 Å². The molecule has 0 spiro atoms. The molecule has 1 unspecified atom stereocenters. The summed E-state index contributed by atoms with van der Waals surface area (Å²) in [6.07, 6.45) is 0.351. The Morgan fingerprint density at radius 1 is 1.41 bits per heavy atom. The summed E-state index contributed by atoms with van der Waals surface area (Å²) in [7, 11) is 0. The number of nitrogens with one attached hydrogen (secondary N) is 1. The van der Waals surface area contributed by atoms with Crippen LogP contribution in [0, 0.1) is 0 Å². The van der Waals surface area contributed by atoms with Gasteiger partial charge in [0.1, 0.15) is 0 Å². The summed E-state index contributed by atoms with van der Waals surface area (Å²) >= 11 is 0.936. The van der Waals surface area contributed by atoms with Crippen LogP contribution in [-0.4, -0.2) is 27.5 Å². The molecule has 1 aliphatic rings. The molecule has 2 rings (SSSR count). The highest BCUT2D eigenvalue weighted by Crippen LogP contribution is 2.23. The van der Waals surface area contributed by atoms with Crippen LogP contribution in [0.1, 0.15) is 15.9 Å². The first kappa shape index (κ1) is 11.7. The quantitative estimate of drug-likeness (QED) is 0.845. The van der Waals surface area contributed by atoms with Gasteiger partial charge < -0.3 is 5.11 Å². The molecule has 1 aliphatic heterocycles. The number of carbonyl (C=O) groups excluding carboxylic acids is 2. The predicted octanol–water partition coefficient (Wildman–Crippen LogP) is 1.28. The summed E-state index contributed by atoms with van der Waals surface area (Å²) in [6.45, 7) is 0. The number of imide groups is 1. The molecule has 0 aliphatic carbocycles. The molecule has 0 radical (unpaired) electrons. The minimum Gasteiger partial charge on any atom is -0.478 e. The minimum atomic E-state index is -1.01. The van der Waals surface area contributed by atoms with Gasteiger partial charge in [0.2, 0.25) is 5.91 Å². The summed E-state index contributed by atoms with van der Waals surface area (Å²) in [5.74, 6) is -1.33. The van der Waals surface area contributed by atoms with Gasteiger partial charge in [0, 0.05) is 0 Å². The largest absolute Gasteiger partial charge is 0.478 e. The van der Waals surface area contributed by atoms with Crippen molar-refractivity contribution in [2.45, 2.75) is 11.7 Å². The third-order valence-corrected chi connectivity index (χ3v) is 3.34. The molecule has 0 bridgehead atoms. The number of carboxylic acids is 1. The van der Waals surface area contributed by atoms with Gasteiger partial charge in [0.05, 0.1) is 10.8 Å². The Hall–Kier alpha value is -1.82. The second-order valence-electron chi connectivity index (χ2n) is 3.59. The van der Waals surface area contributed by atoms with Crippen LogP contribution in [0.25, 0.3) is 0 Å². The lowest BCUT2D eigenvalue weighted by Crippen LogP contribution is -2.25. The summed E-state index contributed by atoms with van der Waals surface area (Å²) in [4.78, 5) is 33.1. The van der Waals surface area contributed by atoms with Crippen LogP contribution < -0.4 is 5.32 Å². The molecule has 1 saturated heterocycles. The van der Waals surface area contributed by atoms with E-state index in [0.717, 1.165) is 17.3 Å². The standard InChI is InChI=1S/C11H9NO4S/c13-9-8(17-11(16)12-9)5-6-2-1-3-7(4-6)10(14)15/h1-4,8H,5H2,(H,14,15)(H,12,13,16). The number of amides is 2. The van der Waals surface area contributed by atoms with Crippen LogP contribution in [-0.2, 0) is 11.2 Å². The highest BCUT2D eigenvalue weighted by molar-refractivity contribution is 8.15. The van der Waals surface area contributed by atoms with Crippen LogP contribution in [0.3, 0.4) is 0 Å². The predicted molar refractivity (Wildman–Crippen MR) is 62.0 cm³/mol. The second-order valence-corrected chi connectivity index (χ2v) is 4.77. The summed E-state index contributed by atoms with van der Waals surface area (Å²) in [5, 5.41) is 10.2. The fourth-order valence-electron chi connectivity index (χ4n) is 1.57. The molecule has 17 heavy (non-hydrogen) atoms. The monoisotopic (exact) mass is 251 g/mol. The van der Waals surface area contributed by atoms with Gasteiger partial charge in [-0.25, -0.2) is 4.79 Å². The molecule has 1 heterocycles. The second kappa shape index (κ2) is 4.58. The van der Waals surface area contributed by atoms with E-state index in [1.807, 2.05) is 0 Å². The lowest BCUT2D eigenvalue weighted by molar-refractivity contribution is -0.118. The molecule has 88 valence electrons. The number of carboxylic acid groups (broad SMARTS) is 1. The normalized spacial score (nSPS) is 19.2. The molecule has 1 aromatic rings. The van der Waals surface area contributed by atoms with Gasteiger partial charge >= 0.3 is 5.97 Å². The molecule has 1 aromatic carbocycles. The average Bonchev–Trinajstić information content (AvgIpc) is 2.58. The maximum Gasteiger partial charge on any atom is 0.335 e. The van der Waals surface area contributed by atoms with E-state index in [1.165, 1.54) is 12.1 Å². The Bertz CT molecular complexity index is 500. The Kier molecular flexibility index (Phi) is 3.14. The minimum absolute atomic E-state index is 0.178. The van der Waals surface area contributed by atoms with Gasteiger partial charge in [-0.1, -0.05) is 23.9 Å². The molecular weight excluding hydrogens is 242 g/mol. The zero-order valence-electron chi connectivity index (χ0n) is 8.67. The van der Waals surface area contributed by atoms with E-state index in [1.54, 1.807) is 12.1 Å². The number of hydrogen-bond donors (Lipinski definition) is 2. The first-order chi connectivity index (χ1) is 8.06. The first-order valence-corrected chi connectivity index (χ1v) is 5.78. The molecule has 0 saturated carbocycles. The van der Waals surface area contributed by atoms with Crippen LogP contribution in [0.5, 0.6) is 0 Å². The van der Waals surface area contributed by atoms with Crippen molar-refractivity contribution in [1.29, 1.82) is 0 Å². The number of rotatable bonds is 3. The van der Waals surface area contributed by atoms with E-state index >= 15 is 0 Å². The molecule has 2 amide bonds. The molecule has 2 N–H and O–H groups in total. The Balaban J connectivity index is 2.13. The molecule has 5 nitrogen and oxygen atoms in total. The van der Waals surface area contributed by atoms with E-state index in [0.29, 0.717) is 6.42 Å². The first-order valence-electron chi connectivity index (χ1n) is 4.90. The molecule has 6 heteroatoms. The fraction of sp³-hybridized carbons (Fsp3) is 0.182. The smallest absolute Gasteiger partial charge is 0.335 e. The van der Waals surface area contributed by atoms with E-state index < -0.39 is 11.2 Å². The summed E-state index contributed by atoms with van der Waals surface area (Å²) < 4.78 is 0. The van der Waals surface area contributed by atoms with Gasteiger partial charge in [-0.05, 0) is 24.1 Å². The number of thioether (sulfide) groups is 1. The summed E-state index contributed by atoms with van der Waals surface area (Å²) in [6, 6.07) is 6.36. The van der Waals surface area contributed by atoms with Gasteiger partial charge in [0.15, 0.2) is 0 Å². The van der Waals surface area contributed by atoms with Crippen LogP contribution in [0.2, 0.25) is 0 Å². The van der Waals surface area contributed by atoms with Crippen LogP contribution in [0.15, 0.2) is 24.3 Å². The topological polar surface area (TPSA) is 83.5 Å².